The number of rotatable bonds is 4. The Hall–Kier alpha value is -2.20. The van der Waals surface area contributed by atoms with Crippen molar-refractivity contribution in [3.05, 3.63) is 33.9 Å². The molecule has 9 nitrogen and oxygen atoms in total. The first-order chi connectivity index (χ1) is 13.8. The molecule has 1 amide bonds. The number of amides is 1. The Morgan fingerprint density at radius 1 is 1.07 bits per heavy atom. The Bertz CT molecular complexity index is 905. The molecule has 0 aromatic heterocycles. The molecule has 0 aliphatic carbocycles. The second-order valence-electron chi connectivity index (χ2n) is 8.04. The number of carbonyl (C=O) groups excluding carboxylic acids is 1. The van der Waals surface area contributed by atoms with Gasteiger partial charge in [-0.05, 0) is 31.4 Å². The van der Waals surface area contributed by atoms with E-state index in [1.807, 2.05) is 4.90 Å². The Kier molecular flexibility index (Phi) is 5.48. The topological polar surface area (TPSA) is 104 Å². The predicted octanol–water partition coefficient (Wildman–Crippen LogP) is 1.14. The van der Waals surface area contributed by atoms with Gasteiger partial charge in [0.2, 0.25) is 0 Å². The Labute approximate surface area is 170 Å². The Balaban J connectivity index is 1.43. The zero-order valence-corrected chi connectivity index (χ0v) is 17.1. The van der Waals surface area contributed by atoms with Crippen LogP contribution in [0.2, 0.25) is 0 Å². The number of nitro groups is 1. The monoisotopic (exact) mass is 422 g/mol. The van der Waals surface area contributed by atoms with E-state index in [0.717, 1.165) is 25.9 Å². The van der Waals surface area contributed by atoms with Gasteiger partial charge in [-0.15, -0.1) is 0 Å². The van der Waals surface area contributed by atoms with Crippen LogP contribution in [0.5, 0.6) is 0 Å². The van der Waals surface area contributed by atoms with Gasteiger partial charge < -0.3 is 9.80 Å². The third-order valence-corrected chi connectivity index (χ3v) is 7.94. The summed E-state index contributed by atoms with van der Waals surface area (Å²) in [6.45, 7) is 3.84. The van der Waals surface area contributed by atoms with Crippen LogP contribution in [-0.4, -0.2) is 85.9 Å². The van der Waals surface area contributed by atoms with Crippen molar-refractivity contribution in [2.75, 3.05) is 55.7 Å². The molecule has 4 rings (SSSR count). The van der Waals surface area contributed by atoms with E-state index in [2.05, 4.69) is 4.90 Å². The van der Waals surface area contributed by atoms with Crippen LogP contribution < -0.4 is 4.90 Å². The number of nitrogens with zero attached hydrogens (tertiary/aromatic N) is 4. The van der Waals surface area contributed by atoms with Gasteiger partial charge in [0.15, 0.2) is 9.84 Å². The van der Waals surface area contributed by atoms with Gasteiger partial charge in [-0.3, -0.25) is 19.8 Å². The number of hydrogen-bond donors (Lipinski definition) is 0. The minimum atomic E-state index is -2.93. The summed E-state index contributed by atoms with van der Waals surface area (Å²) in [4.78, 5) is 29.9. The molecule has 3 aliphatic heterocycles. The molecule has 0 radical (unpaired) electrons. The lowest BCUT2D eigenvalue weighted by Crippen LogP contribution is -2.52. The van der Waals surface area contributed by atoms with E-state index in [1.165, 1.54) is 6.07 Å². The van der Waals surface area contributed by atoms with E-state index in [1.54, 1.807) is 17.0 Å². The van der Waals surface area contributed by atoms with E-state index in [4.69, 9.17) is 0 Å². The van der Waals surface area contributed by atoms with Gasteiger partial charge >= 0.3 is 0 Å². The smallest absolute Gasteiger partial charge is 0.293 e. The molecule has 1 aromatic rings. The lowest BCUT2D eigenvalue weighted by molar-refractivity contribution is -0.384. The van der Waals surface area contributed by atoms with Crippen LogP contribution in [-0.2, 0) is 9.84 Å². The third-order valence-electron chi connectivity index (χ3n) is 6.19. The number of benzene rings is 1. The van der Waals surface area contributed by atoms with Crippen LogP contribution in [0.1, 0.15) is 29.6 Å². The van der Waals surface area contributed by atoms with E-state index in [-0.39, 0.29) is 29.1 Å². The summed E-state index contributed by atoms with van der Waals surface area (Å²) < 4.78 is 23.4. The van der Waals surface area contributed by atoms with Gasteiger partial charge in [0.25, 0.3) is 11.6 Å². The van der Waals surface area contributed by atoms with Gasteiger partial charge in [0.05, 0.1) is 16.4 Å². The van der Waals surface area contributed by atoms with Gasteiger partial charge in [0.1, 0.15) is 5.69 Å². The van der Waals surface area contributed by atoms with Crippen molar-refractivity contribution in [3.8, 4) is 0 Å². The summed E-state index contributed by atoms with van der Waals surface area (Å²) in [7, 11) is -2.93. The molecule has 0 saturated carbocycles. The number of sulfone groups is 1. The normalized spacial score (nSPS) is 24.8. The molecule has 0 spiro atoms. The molecule has 3 fully saturated rings. The number of piperazine rings is 1. The fraction of sp³-hybridized carbons (Fsp3) is 0.632. The Morgan fingerprint density at radius 3 is 2.34 bits per heavy atom. The van der Waals surface area contributed by atoms with Crippen LogP contribution in [0.4, 0.5) is 11.4 Å². The first-order valence-corrected chi connectivity index (χ1v) is 11.9. The van der Waals surface area contributed by atoms with E-state index in [9.17, 15) is 23.3 Å². The van der Waals surface area contributed by atoms with Gasteiger partial charge in [-0.25, -0.2) is 8.42 Å². The first kappa shape index (κ1) is 20.1. The molecular formula is C19H26N4O5S. The summed E-state index contributed by atoms with van der Waals surface area (Å²) in [6, 6.07) is 4.80. The van der Waals surface area contributed by atoms with Gasteiger partial charge in [-0.2, -0.15) is 0 Å². The number of anilines is 1. The SMILES string of the molecule is O=C(c1ccc(N2CCCC2)c([N+](=O)[O-])c1)N1CCN(C2CCS(=O)(=O)C2)CC1. The lowest BCUT2D eigenvalue weighted by Gasteiger charge is -2.37. The molecule has 0 N–H and O–H groups in total. The predicted molar refractivity (Wildman–Crippen MR) is 109 cm³/mol. The van der Waals surface area contributed by atoms with Crippen LogP contribution in [0, 0.1) is 10.1 Å². The van der Waals surface area contributed by atoms with Crippen molar-refractivity contribution in [2.45, 2.75) is 25.3 Å². The van der Waals surface area contributed by atoms with Crippen LogP contribution in [0.15, 0.2) is 18.2 Å². The maximum Gasteiger partial charge on any atom is 0.293 e. The fourth-order valence-corrected chi connectivity index (χ4v) is 6.33. The van der Waals surface area contributed by atoms with Crippen LogP contribution >= 0.6 is 0 Å². The van der Waals surface area contributed by atoms with Gasteiger partial charge in [0, 0.05) is 56.9 Å². The summed E-state index contributed by atoms with van der Waals surface area (Å²) in [6.07, 6.45) is 2.69. The number of carbonyl (C=O) groups is 1. The van der Waals surface area contributed by atoms with Crippen molar-refractivity contribution >= 4 is 27.1 Å². The minimum absolute atomic E-state index is 0.0208. The van der Waals surface area contributed by atoms with E-state index < -0.39 is 14.8 Å². The number of hydrogen-bond acceptors (Lipinski definition) is 7. The van der Waals surface area contributed by atoms with E-state index in [0.29, 0.717) is 43.9 Å². The summed E-state index contributed by atoms with van der Waals surface area (Å²) in [5.41, 5.74) is 0.889. The second kappa shape index (κ2) is 7.91. The maximum atomic E-state index is 12.9. The highest BCUT2D eigenvalue weighted by atomic mass is 32.2. The number of nitro benzene ring substituents is 1. The highest BCUT2D eigenvalue weighted by Crippen LogP contribution is 2.32. The van der Waals surface area contributed by atoms with E-state index >= 15 is 0 Å². The van der Waals surface area contributed by atoms with Crippen molar-refractivity contribution in [3.63, 3.8) is 0 Å². The largest absolute Gasteiger partial charge is 0.366 e. The minimum Gasteiger partial charge on any atom is -0.366 e. The first-order valence-electron chi connectivity index (χ1n) is 10.1. The Morgan fingerprint density at radius 2 is 1.76 bits per heavy atom. The molecule has 10 heteroatoms. The standard InChI is InChI=1S/C19H26N4O5S/c24-19(22-10-8-20(9-11-22)16-5-12-29(27,28)14-16)15-3-4-17(18(13-15)23(25)26)21-6-1-2-7-21/h3-4,13,16H,1-2,5-12,14H2. The molecule has 3 heterocycles. The third kappa shape index (κ3) is 4.23. The molecule has 29 heavy (non-hydrogen) atoms. The molecule has 158 valence electrons. The fourth-order valence-electron chi connectivity index (χ4n) is 4.56. The average Bonchev–Trinajstić information content (AvgIpc) is 3.36. The van der Waals surface area contributed by atoms with Crippen LogP contribution in [0.3, 0.4) is 0 Å². The van der Waals surface area contributed by atoms with Crippen molar-refractivity contribution in [2.24, 2.45) is 0 Å². The average molecular weight is 423 g/mol. The molecule has 3 aliphatic rings. The van der Waals surface area contributed by atoms with Gasteiger partial charge in [-0.1, -0.05) is 0 Å². The summed E-state index contributed by atoms with van der Waals surface area (Å²) >= 11 is 0. The zero-order valence-electron chi connectivity index (χ0n) is 16.3. The molecule has 1 aromatic carbocycles. The van der Waals surface area contributed by atoms with Crippen molar-refractivity contribution in [1.29, 1.82) is 0 Å². The highest BCUT2D eigenvalue weighted by Gasteiger charge is 2.34. The summed E-state index contributed by atoms with van der Waals surface area (Å²) in [5, 5.41) is 11.6. The molecular weight excluding hydrogens is 396 g/mol. The zero-order chi connectivity index (χ0) is 20.6. The lowest BCUT2D eigenvalue weighted by atomic mass is 10.1. The highest BCUT2D eigenvalue weighted by molar-refractivity contribution is 7.91. The molecule has 1 atom stereocenters. The van der Waals surface area contributed by atoms with Crippen LogP contribution in [0.25, 0.3) is 0 Å². The molecule has 0 bridgehead atoms. The molecule has 1 unspecified atom stereocenters. The van der Waals surface area contributed by atoms with Crippen molar-refractivity contribution < 1.29 is 18.1 Å². The maximum absolute atomic E-state index is 12.9. The summed E-state index contributed by atoms with van der Waals surface area (Å²) in [5.74, 6) is 0.231. The second-order valence-corrected chi connectivity index (χ2v) is 10.3. The molecule has 3 saturated heterocycles. The quantitative estimate of drug-likeness (QED) is 0.529. The van der Waals surface area contributed by atoms with Crippen molar-refractivity contribution in [1.82, 2.24) is 9.80 Å².